The van der Waals surface area contributed by atoms with Crippen molar-refractivity contribution in [2.24, 2.45) is 0 Å². The molecule has 3 nitrogen and oxygen atoms in total. The van der Waals surface area contributed by atoms with E-state index in [4.69, 9.17) is 0 Å². The molecule has 5 heteroatoms. The Bertz CT molecular complexity index is 1110. The quantitative estimate of drug-likeness (QED) is 0.538. The van der Waals surface area contributed by atoms with E-state index in [9.17, 15) is 13.9 Å². The molecule has 29 heavy (non-hydrogen) atoms. The van der Waals surface area contributed by atoms with Crippen LogP contribution in [0.3, 0.4) is 0 Å². The summed E-state index contributed by atoms with van der Waals surface area (Å²) in [6.45, 7) is 2.29. The minimum absolute atomic E-state index is 0.191. The van der Waals surface area contributed by atoms with Crippen LogP contribution in [0.25, 0.3) is 21.8 Å². The summed E-state index contributed by atoms with van der Waals surface area (Å²) in [4.78, 5) is 2.33. The second kappa shape index (κ2) is 7.25. The van der Waals surface area contributed by atoms with Crippen LogP contribution in [0.4, 0.5) is 8.78 Å². The molecule has 1 fully saturated rings. The highest BCUT2D eigenvalue weighted by atomic mass is 19.1. The van der Waals surface area contributed by atoms with E-state index < -0.39 is 6.10 Å². The molecule has 0 saturated carbocycles. The third-order valence-corrected chi connectivity index (χ3v) is 5.94. The van der Waals surface area contributed by atoms with E-state index in [0.29, 0.717) is 23.7 Å². The molecule has 148 valence electrons. The van der Waals surface area contributed by atoms with Gasteiger partial charge in [0, 0.05) is 41.4 Å². The summed E-state index contributed by atoms with van der Waals surface area (Å²) in [7, 11) is 0. The molecule has 0 amide bonds. The van der Waals surface area contributed by atoms with Gasteiger partial charge in [-0.15, -0.1) is 0 Å². The summed E-state index contributed by atoms with van der Waals surface area (Å²) in [5.41, 5.74) is 2.87. The monoisotopic (exact) mass is 392 g/mol. The molecule has 1 aliphatic rings. The van der Waals surface area contributed by atoms with Crippen molar-refractivity contribution in [1.29, 1.82) is 0 Å². The van der Waals surface area contributed by atoms with Crippen molar-refractivity contribution >= 4 is 21.8 Å². The zero-order chi connectivity index (χ0) is 20.0. The predicted molar refractivity (Wildman–Crippen MR) is 111 cm³/mol. The number of halogens is 2. The summed E-state index contributed by atoms with van der Waals surface area (Å²) >= 11 is 0. The molecule has 1 N–H and O–H groups in total. The predicted octanol–water partition coefficient (Wildman–Crippen LogP) is 4.88. The molecule has 0 bridgehead atoms. The fourth-order valence-electron chi connectivity index (χ4n) is 4.58. The third-order valence-electron chi connectivity index (χ3n) is 5.94. The van der Waals surface area contributed by atoms with E-state index in [1.54, 1.807) is 12.1 Å². The molecular weight excluding hydrogens is 370 g/mol. The average molecular weight is 392 g/mol. The van der Waals surface area contributed by atoms with Gasteiger partial charge in [-0.2, -0.15) is 0 Å². The van der Waals surface area contributed by atoms with Gasteiger partial charge in [-0.05, 0) is 48.4 Å². The van der Waals surface area contributed by atoms with Crippen LogP contribution in [0.1, 0.15) is 18.0 Å². The molecule has 2 atom stereocenters. The molecule has 3 aromatic carbocycles. The number of aromatic nitrogens is 1. The lowest BCUT2D eigenvalue weighted by Crippen LogP contribution is -2.43. The van der Waals surface area contributed by atoms with Crippen LogP contribution in [0, 0.1) is 11.6 Å². The number of fused-ring (bicyclic) bond motifs is 3. The highest BCUT2D eigenvalue weighted by molar-refractivity contribution is 6.08. The van der Waals surface area contributed by atoms with E-state index in [2.05, 4.69) is 21.6 Å². The molecule has 1 saturated heterocycles. The Balaban J connectivity index is 1.59. The number of rotatable bonds is 3. The largest absolute Gasteiger partial charge is 0.391 e. The van der Waals surface area contributed by atoms with Crippen molar-refractivity contribution in [2.45, 2.75) is 25.1 Å². The van der Waals surface area contributed by atoms with Gasteiger partial charge in [0.05, 0.1) is 12.1 Å². The number of aliphatic hydroxyl groups is 1. The fourth-order valence-corrected chi connectivity index (χ4v) is 4.58. The van der Waals surface area contributed by atoms with Crippen LogP contribution in [-0.4, -0.2) is 33.8 Å². The SMILES string of the molecule is O[C@@H]1CCN(Cc2ccccc2)CC1n1c2ccc(F)cc2c2cc(F)ccc21. The molecule has 0 spiro atoms. The molecule has 0 aliphatic carbocycles. The molecule has 1 unspecified atom stereocenters. The van der Waals surface area contributed by atoms with Crippen LogP contribution in [0.5, 0.6) is 0 Å². The van der Waals surface area contributed by atoms with Crippen molar-refractivity contribution in [1.82, 2.24) is 9.47 Å². The Kier molecular flexibility index (Phi) is 4.57. The van der Waals surface area contributed by atoms with Gasteiger partial charge in [-0.1, -0.05) is 30.3 Å². The van der Waals surface area contributed by atoms with E-state index >= 15 is 0 Å². The number of likely N-dealkylation sites (tertiary alicyclic amines) is 1. The lowest BCUT2D eigenvalue weighted by molar-refractivity contribution is 0.0330. The van der Waals surface area contributed by atoms with Crippen LogP contribution in [0.15, 0.2) is 66.7 Å². The van der Waals surface area contributed by atoms with Gasteiger partial charge in [0.2, 0.25) is 0 Å². The zero-order valence-electron chi connectivity index (χ0n) is 15.9. The maximum absolute atomic E-state index is 13.9. The Labute approximate surface area is 167 Å². The molecular formula is C24H22F2N2O. The normalized spacial score (nSPS) is 20.5. The van der Waals surface area contributed by atoms with Gasteiger partial charge < -0.3 is 9.67 Å². The summed E-state index contributed by atoms with van der Waals surface area (Å²) in [6, 6.07) is 19.3. The average Bonchev–Trinajstić information content (AvgIpc) is 3.03. The summed E-state index contributed by atoms with van der Waals surface area (Å²) < 4.78 is 29.9. The van der Waals surface area contributed by atoms with Crippen LogP contribution >= 0.6 is 0 Å². The molecule has 5 rings (SSSR count). The first-order valence-electron chi connectivity index (χ1n) is 9.93. The van der Waals surface area contributed by atoms with E-state index in [1.807, 2.05) is 18.2 Å². The van der Waals surface area contributed by atoms with Crippen molar-refractivity contribution in [3.8, 4) is 0 Å². The van der Waals surface area contributed by atoms with E-state index in [0.717, 1.165) is 24.1 Å². The smallest absolute Gasteiger partial charge is 0.123 e. The van der Waals surface area contributed by atoms with Crippen LogP contribution < -0.4 is 0 Å². The molecule has 1 aromatic heterocycles. The highest BCUT2D eigenvalue weighted by Crippen LogP contribution is 2.36. The lowest BCUT2D eigenvalue weighted by atomic mass is 10.0. The number of hydrogen-bond acceptors (Lipinski definition) is 2. The standard InChI is InChI=1S/C24H22F2N2O/c25-17-6-8-21-19(12-17)20-13-18(26)7-9-22(20)28(21)23-15-27(11-10-24(23)29)14-16-4-2-1-3-5-16/h1-9,12-13,23-24,29H,10-11,14-15H2/t23?,24-/m1/s1. The first kappa shape index (κ1) is 18.3. The van der Waals surface area contributed by atoms with Gasteiger partial charge in [-0.3, -0.25) is 4.90 Å². The molecule has 2 heterocycles. The summed E-state index contributed by atoms with van der Waals surface area (Å²) in [6.07, 6.45) is 0.136. The van der Waals surface area contributed by atoms with E-state index in [-0.39, 0.29) is 17.7 Å². The molecule has 0 radical (unpaired) electrons. The number of aliphatic hydroxyl groups excluding tert-OH is 1. The minimum Gasteiger partial charge on any atom is -0.391 e. The number of benzene rings is 3. The lowest BCUT2D eigenvalue weighted by Gasteiger charge is -2.37. The topological polar surface area (TPSA) is 28.4 Å². The second-order valence-electron chi connectivity index (χ2n) is 7.84. The molecule has 4 aromatic rings. The number of hydrogen-bond donors (Lipinski definition) is 1. The Morgan fingerprint density at radius 3 is 2.10 bits per heavy atom. The third kappa shape index (κ3) is 3.30. The first-order valence-corrected chi connectivity index (χ1v) is 9.93. The van der Waals surface area contributed by atoms with Crippen molar-refractivity contribution in [2.75, 3.05) is 13.1 Å². The maximum atomic E-state index is 13.9. The van der Waals surface area contributed by atoms with Crippen LogP contribution in [-0.2, 0) is 6.54 Å². The van der Waals surface area contributed by atoms with Crippen molar-refractivity contribution < 1.29 is 13.9 Å². The number of nitrogens with zero attached hydrogens (tertiary/aromatic N) is 2. The fraction of sp³-hybridized carbons (Fsp3) is 0.250. The van der Waals surface area contributed by atoms with Crippen molar-refractivity contribution in [3.63, 3.8) is 0 Å². The molecule has 1 aliphatic heterocycles. The number of piperidine rings is 1. The first-order chi connectivity index (χ1) is 14.1. The Morgan fingerprint density at radius 1 is 0.862 bits per heavy atom. The summed E-state index contributed by atoms with van der Waals surface area (Å²) in [5.74, 6) is -0.702. The zero-order valence-corrected chi connectivity index (χ0v) is 15.9. The Morgan fingerprint density at radius 2 is 1.48 bits per heavy atom. The van der Waals surface area contributed by atoms with Gasteiger partial charge in [0.25, 0.3) is 0 Å². The van der Waals surface area contributed by atoms with Gasteiger partial charge >= 0.3 is 0 Å². The van der Waals surface area contributed by atoms with Gasteiger partial charge in [0.1, 0.15) is 11.6 Å². The van der Waals surface area contributed by atoms with Crippen molar-refractivity contribution in [3.05, 3.63) is 83.9 Å². The van der Waals surface area contributed by atoms with E-state index in [1.165, 1.54) is 29.8 Å². The highest BCUT2D eigenvalue weighted by Gasteiger charge is 2.31. The van der Waals surface area contributed by atoms with Gasteiger partial charge in [0.15, 0.2) is 0 Å². The summed E-state index contributed by atoms with van der Waals surface area (Å²) in [5, 5.41) is 12.2. The minimum atomic E-state index is -0.518. The second-order valence-corrected chi connectivity index (χ2v) is 7.84. The maximum Gasteiger partial charge on any atom is 0.123 e. The van der Waals surface area contributed by atoms with Crippen LogP contribution in [0.2, 0.25) is 0 Å². The Hall–Kier alpha value is -2.76. The van der Waals surface area contributed by atoms with Gasteiger partial charge in [-0.25, -0.2) is 8.78 Å².